The quantitative estimate of drug-likeness (QED) is 0.835. The Morgan fingerprint density at radius 1 is 1.53 bits per heavy atom. The topological polar surface area (TPSA) is 76.5 Å². The van der Waals surface area contributed by atoms with Crippen molar-refractivity contribution in [3.05, 3.63) is 15.6 Å². The van der Waals surface area contributed by atoms with Crippen molar-refractivity contribution < 1.29 is 19.4 Å². The molecule has 5 nitrogen and oxygen atoms in total. The highest BCUT2D eigenvalue weighted by molar-refractivity contribution is 7.14. The molecule has 2 rings (SSSR count). The van der Waals surface area contributed by atoms with Gasteiger partial charge >= 0.3 is 5.97 Å². The molecule has 0 saturated carbocycles. The van der Waals surface area contributed by atoms with Crippen LogP contribution in [0, 0.1) is 0 Å². The van der Waals surface area contributed by atoms with Gasteiger partial charge in [-0.15, -0.1) is 11.3 Å². The van der Waals surface area contributed by atoms with Crippen molar-refractivity contribution in [2.45, 2.75) is 25.7 Å². The lowest BCUT2D eigenvalue weighted by molar-refractivity contribution is 0.0683. The lowest BCUT2D eigenvalue weighted by Crippen LogP contribution is -2.15. The van der Waals surface area contributed by atoms with Crippen LogP contribution in [0.1, 0.15) is 50.9 Å². The second-order valence-corrected chi connectivity index (χ2v) is 5.04. The fraction of sp³-hybridized carbons (Fsp3) is 0.545. The van der Waals surface area contributed by atoms with Crippen LogP contribution in [0.25, 0.3) is 0 Å². The van der Waals surface area contributed by atoms with Gasteiger partial charge in [-0.3, -0.25) is 4.79 Å². The summed E-state index contributed by atoms with van der Waals surface area (Å²) in [5, 5.41) is 9.69. The average molecular weight is 255 g/mol. The van der Waals surface area contributed by atoms with E-state index in [1.807, 2.05) is 0 Å². The predicted molar refractivity (Wildman–Crippen MR) is 61.9 cm³/mol. The van der Waals surface area contributed by atoms with Crippen LogP contribution in [0.3, 0.4) is 0 Å². The maximum Gasteiger partial charge on any atom is 0.356 e. The van der Waals surface area contributed by atoms with E-state index in [9.17, 15) is 9.59 Å². The molecular weight excluding hydrogens is 242 g/mol. The van der Waals surface area contributed by atoms with Gasteiger partial charge in [0.25, 0.3) is 0 Å². The van der Waals surface area contributed by atoms with E-state index in [1.54, 1.807) is 0 Å². The van der Waals surface area contributed by atoms with Gasteiger partial charge in [-0.1, -0.05) is 0 Å². The highest BCUT2D eigenvalue weighted by Crippen LogP contribution is 2.31. The molecule has 0 aromatic carbocycles. The van der Waals surface area contributed by atoms with Crippen LogP contribution >= 0.6 is 11.3 Å². The lowest BCUT2D eigenvalue weighted by Gasteiger charge is -2.19. The molecule has 2 heterocycles. The smallest absolute Gasteiger partial charge is 0.356 e. The second kappa shape index (κ2) is 4.93. The van der Waals surface area contributed by atoms with E-state index < -0.39 is 5.97 Å². The van der Waals surface area contributed by atoms with Gasteiger partial charge in [0.2, 0.25) is 0 Å². The summed E-state index contributed by atoms with van der Waals surface area (Å²) in [4.78, 5) is 26.6. The number of ether oxygens (including phenoxy) is 1. The molecule has 6 heteroatoms. The van der Waals surface area contributed by atoms with Crippen LogP contribution in [0.5, 0.6) is 0 Å². The van der Waals surface area contributed by atoms with Gasteiger partial charge in [0, 0.05) is 19.4 Å². The van der Waals surface area contributed by atoms with E-state index in [4.69, 9.17) is 9.84 Å². The summed E-state index contributed by atoms with van der Waals surface area (Å²) in [6, 6.07) is 0. The van der Waals surface area contributed by atoms with Crippen LogP contribution in [0.2, 0.25) is 0 Å². The predicted octanol–water partition coefficient (Wildman–Crippen LogP) is 1.94. The van der Waals surface area contributed by atoms with Gasteiger partial charge in [0.15, 0.2) is 11.5 Å². The first-order chi connectivity index (χ1) is 8.09. The third-order valence-electron chi connectivity index (χ3n) is 2.68. The number of Topliss-reactive ketones (excluding diaryl/α,β-unsaturated/α-hetero) is 1. The number of ketones is 1. The number of hydrogen-bond donors (Lipinski definition) is 1. The number of carboxylic acid groups (broad SMARTS) is 1. The molecule has 1 aliphatic heterocycles. The van der Waals surface area contributed by atoms with Crippen molar-refractivity contribution in [1.82, 2.24) is 4.98 Å². The number of aromatic carboxylic acids is 1. The average Bonchev–Trinajstić information content (AvgIpc) is 2.75. The van der Waals surface area contributed by atoms with Crippen LogP contribution in [-0.4, -0.2) is 35.1 Å². The molecule has 92 valence electrons. The molecular formula is C11H13NO4S. The third-order valence-corrected chi connectivity index (χ3v) is 3.99. The zero-order valence-electron chi connectivity index (χ0n) is 9.43. The number of hydrogen-bond acceptors (Lipinski definition) is 5. The van der Waals surface area contributed by atoms with E-state index in [-0.39, 0.29) is 22.3 Å². The van der Waals surface area contributed by atoms with Gasteiger partial charge in [-0.05, 0) is 12.8 Å². The van der Waals surface area contributed by atoms with Crippen LogP contribution in [-0.2, 0) is 4.74 Å². The molecule has 0 radical (unpaired) electrons. The summed E-state index contributed by atoms with van der Waals surface area (Å²) in [5.41, 5.74) is -0.122. The highest BCUT2D eigenvalue weighted by atomic mass is 32.1. The minimum atomic E-state index is -1.14. The second-order valence-electron chi connectivity index (χ2n) is 4.01. The van der Waals surface area contributed by atoms with Crippen molar-refractivity contribution in [1.29, 1.82) is 0 Å². The van der Waals surface area contributed by atoms with E-state index in [0.717, 1.165) is 19.4 Å². The minimum Gasteiger partial charge on any atom is -0.476 e. The Morgan fingerprint density at radius 3 is 2.76 bits per heavy atom. The fourth-order valence-electron chi connectivity index (χ4n) is 1.83. The first-order valence-electron chi connectivity index (χ1n) is 5.42. The first-order valence-corrected chi connectivity index (χ1v) is 6.24. The number of thiazole rings is 1. The van der Waals surface area contributed by atoms with E-state index >= 15 is 0 Å². The number of carbonyl (C=O) groups excluding carboxylic acids is 1. The largest absolute Gasteiger partial charge is 0.476 e. The molecule has 1 unspecified atom stereocenters. The molecule has 1 aliphatic rings. The number of rotatable bonds is 3. The molecule has 1 aromatic heterocycles. The number of aromatic nitrogens is 1. The van der Waals surface area contributed by atoms with Gasteiger partial charge in [-0.2, -0.15) is 0 Å². The van der Waals surface area contributed by atoms with Crippen LogP contribution in [0.15, 0.2) is 0 Å². The summed E-state index contributed by atoms with van der Waals surface area (Å²) in [6.45, 7) is 2.66. The Balaban J connectivity index is 2.32. The molecule has 1 fully saturated rings. The zero-order valence-corrected chi connectivity index (χ0v) is 10.2. The molecule has 0 aliphatic carbocycles. The van der Waals surface area contributed by atoms with Crippen molar-refractivity contribution in [2.24, 2.45) is 0 Å². The van der Waals surface area contributed by atoms with Crippen molar-refractivity contribution in [2.75, 3.05) is 13.2 Å². The van der Waals surface area contributed by atoms with Crippen molar-refractivity contribution in [3.8, 4) is 0 Å². The molecule has 0 amide bonds. The first kappa shape index (κ1) is 12.2. The molecule has 1 aromatic rings. The Hall–Kier alpha value is -1.27. The van der Waals surface area contributed by atoms with Gasteiger partial charge in [0.1, 0.15) is 4.88 Å². The number of nitrogens with zero attached hydrogens (tertiary/aromatic N) is 1. The molecule has 1 atom stereocenters. The zero-order chi connectivity index (χ0) is 12.4. The molecule has 1 N–H and O–H groups in total. The molecule has 1 saturated heterocycles. The van der Waals surface area contributed by atoms with Gasteiger partial charge < -0.3 is 9.84 Å². The van der Waals surface area contributed by atoms with Crippen LogP contribution in [0.4, 0.5) is 0 Å². The van der Waals surface area contributed by atoms with Crippen molar-refractivity contribution >= 4 is 23.1 Å². The Morgan fingerprint density at radius 2 is 2.29 bits per heavy atom. The minimum absolute atomic E-state index is 0.122. The molecule has 0 spiro atoms. The standard InChI is InChI=1S/C11H13NO4S/c1-6(13)9-8(11(14)15)12-10(17-9)7-3-2-4-16-5-7/h7H,2-5H2,1H3,(H,14,15). The summed E-state index contributed by atoms with van der Waals surface area (Å²) < 4.78 is 5.34. The Labute approximate surface area is 102 Å². The van der Waals surface area contributed by atoms with E-state index in [0.29, 0.717) is 11.6 Å². The van der Waals surface area contributed by atoms with E-state index in [2.05, 4.69) is 4.98 Å². The maximum absolute atomic E-state index is 11.3. The number of carboxylic acids is 1. The van der Waals surface area contributed by atoms with E-state index in [1.165, 1.54) is 18.3 Å². The fourth-order valence-corrected chi connectivity index (χ4v) is 2.90. The summed E-state index contributed by atoms with van der Waals surface area (Å²) in [5.74, 6) is -1.27. The highest BCUT2D eigenvalue weighted by Gasteiger charge is 2.25. The lowest BCUT2D eigenvalue weighted by atomic mass is 10.0. The molecule has 0 bridgehead atoms. The summed E-state index contributed by atoms with van der Waals surface area (Å²) in [7, 11) is 0. The summed E-state index contributed by atoms with van der Waals surface area (Å²) in [6.07, 6.45) is 1.88. The third kappa shape index (κ3) is 2.53. The Kier molecular flexibility index (Phi) is 3.54. The summed E-state index contributed by atoms with van der Waals surface area (Å²) >= 11 is 1.18. The maximum atomic E-state index is 11.3. The van der Waals surface area contributed by atoms with Gasteiger partial charge in [-0.25, -0.2) is 9.78 Å². The Bertz CT molecular complexity index is 417. The van der Waals surface area contributed by atoms with Crippen LogP contribution < -0.4 is 0 Å². The van der Waals surface area contributed by atoms with Gasteiger partial charge in [0.05, 0.1) is 11.6 Å². The normalized spacial score (nSPS) is 20.2. The SMILES string of the molecule is CC(=O)c1sc(C2CCCOC2)nc1C(=O)O. The van der Waals surface area contributed by atoms with Crippen molar-refractivity contribution in [3.63, 3.8) is 0 Å². The monoisotopic (exact) mass is 255 g/mol. The number of carbonyl (C=O) groups is 2. The molecule has 17 heavy (non-hydrogen) atoms.